The normalized spacial score (nSPS) is 13.7. The first-order valence-corrected chi connectivity index (χ1v) is 10.3. The summed E-state index contributed by atoms with van der Waals surface area (Å²) in [4.78, 5) is 16.6. The zero-order chi connectivity index (χ0) is 18.6. The second-order valence-corrected chi connectivity index (χ2v) is 7.77. The molecule has 3 aromatic rings. The Morgan fingerprint density at radius 1 is 1.15 bits per heavy atom. The minimum absolute atomic E-state index is 0.206. The molecule has 0 N–H and O–H groups in total. The van der Waals surface area contributed by atoms with Crippen molar-refractivity contribution in [2.75, 3.05) is 5.75 Å². The molecule has 1 aliphatic rings. The number of carbonyl (C=O) groups is 1. The van der Waals surface area contributed by atoms with Gasteiger partial charge in [-0.1, -0.05) is 43.0 Å². The quantitative estimate of drug-likeness (QED) is 0.551. The molecule has 1 aromatic carbocycles. The average molecular weight is 379 g/mol. The van der Waals surface area contributed by atoms with Crippen LogP contribution in [-0.4, -0.2) is 31.3 Å². The fraction of sp³-hybridized carbons (Fsp3) is 0.333. The fourth-order valence-corrected chi connectivity index (χ4v) is 3.91. The van der Waals surface area contributed by atoms with Crippen molar-refractivity contribution in [1.29, 1.82) is 0 Å². The third-order valence-electron chi connectivity index (χ3n) is 4.69. The molecule has 0 spiro atoms. The molecular formula is C21H22N4OS. The molecule has 4 rings (SSSR count). The number of thioether (sulfide) groups is 1. The van der Waals surface area contributed by atoms with Crippen LogP contribution in [0, 0.1) is 0 Å². The molecule has 0 bridgehead atoms. The molecule has 1 fully saturated rings. The Balaban J connectivity index is 1.43. The summed E-state index contributed by atoms with van der Waals surface area (Å²) in [6.07, 6.45) is 7.31. The van der Waals surface area contributed by atoms with E-state index in [1.807, 2.05) is 18.3 Å². The van der Waals surface area contributed by atoms with Crippen molar-refractivity contribution < 1.29 is 4.79 Å². The molecule has 2 aromatic heterocycles. The molecule has 0 atom stereocenters. The van der Waals surface area contributed by atoms with Gasteiger partial charge in [0.1, 0.15) is 5.78 Å². The number of carbonyl (C=O) groups excluding carboxylic acids is 1. The molecule has 5 nitrogen and oxygen atoms in total. The highest BCUT2D eigenvalue weighted by Crippen LogP contribution is 2.40. The Morgan fingerprint density at radius 3 is 2.59 bits per heavy atom. The summed E-state index contributed by atoms with van der Waals surface area (Å²) in [6.45, 7) is 2.13. The molecule has 0 amide bonds. The van der Waals surface area contributed by atoms with E-state index in [2.05, 4.69) is 50.9 Å². The van der Waals surface area contributed by atoms with Crippen LogP contribution in [0.3, 0.4) is 0 Å². The molecule has 138 valence electrons. The predicted octanol–water partition coefficient (Wildman–Crippen LogP) is 4.14. The van der Waals surface area contributed by atoms with Crippen LogP contribution in [-0.2, 0) is 17.6 Å². The van der Waals surface area contributed by atoms with Gasteiger partial charge in [0, 0.05) is 30.4 Å². The summed E-state index contributed by atoms with van der Waals surface area (Å²) < 4.78 is 2.17. The number of rotatable bonds is 8. The number of aryl methyl sites for hydroxylation is 1. The van der Waals surface area contributed by atoms with Crippen LogP contribution in [0.15, 0.2) is 53.9 Å². The minimum atomic E-state index is 0.206. The number of pyridine rings is 1. The molecule has 0 radical (unpaired) electrons. The van der Waals surface area contributed by atoms with Gasteiger partial charge in [0.15, 0.2) is 11.0 Å². The van der Waals surface area contributed by atoms with Gasteiger partial charge >= 0.3 is 0 Å². The summed E-state index contributed by atoms with van der Waals surface area (Å²) in [7, 11) is 0. The van der Waals surface area contributed by atoms with Crippen molar-refractivity contribution in [1.82, 2.24) is 19.7 Å². The summed E-state index contributed by atoms with van der Waals surface area (Å²) in [5.41, 5.74) is 3.32. The maximum absolute atomic E-state index is 12.4. The van der Waals surface area contributed by atoms with Crippen molar-refractivity contribution in [2.24, 2.45) is 0 Å². The van der Waals surface area contributed by atoms with Gasteiger partial charge in [-0.05, 0) is 42.5 Å². The van der Waals surface area contributed by atoms with E-state index in [-0.39, 0.29) is 5.78 Å². The van der Waals surface area contributed by atoms with E-state index in [1.165, 1.54) is 17.3 Å². The molecule has 2 heterocycles. The SMILES string of the molecule is CCc1ccc(CC(=O)CSc2nnc(-c3cccnc3)n2C2CC2)cc1. The number of aromatic nitrogens is 4. The Morgan fingerprint density at radius 2 is 1.93 bits per heavy atom. The standard InChI is InChI=1S/C21H22N4OS/c1-2-15-5-7-16(8-6-15)12-19(26)14-27-21-24-23-20(25(21)18-9-10-18)17-4-3-11-22-13-17/h3-8,11,13,18H,2,9-10,12,14H2,1H3. The Bertz CT molecular complexity index is 917. The van der Waals surface area contributed by atoms with E-state index in [0.717, 1.165) is 41.4 Å². The predicted molar refractivity (Wildman–Crippen MR) is 107 cm³/mol. The summed E-state index contributed by atoms with van der Waals surface area (Å²) >= 11 is 1.49. The van der Waals surface area contributed by atoms with E-state index in [1.54, 1.807) is 6.20 Å². The second-order valence-electron chi connectivity index (χ2n) is 6.82. The van der Waals surface area contributed by atoms with Crippen LogP contribution in [0.1, 0.15) is 36.9 Å². The van der Waals surface area contributed by atoms with Crippen LogP contribution in [0.2, 0.25) is 0 Å². The second kappa shape index (κ2) is 8.05. The van der Waals surface area contributed by atoms with Crippen LogP contribution >= 0.6 is 11.8 Å². The molecule has 0 aliphatic heterocycles. The lowest BCUT2D eigenvalue weighted by Gasteiger charge is -2.08. The zero-order valence-corrected chi connectivity index (χ0v) is 16.2. The fourth-order valence-electron chi connectivity index (χ4n) is 3.05. The first kappa shape index (κ1) is 17.9. The van der Waals surface area contributed by atoms with E-state index < -0.39 is 0 Å². The van der Waals surface area contributed by atoms with Crippen molar-refractivity contribution in [3.8, 4) is 11.4 Å². The number of hydrogen-bond acceptors (Lipinski definition) is 5. The lowest BCUT2D eigenvalue weighted by Crippen LogP contribution is -2.07. The first-order chi connectivity index (χ1) is 13.2. The van der Waals surface area contributed by atoms with Gasteiger partial charge in [0.2, 0.25) is 0 Å². The van der Waals surface area contributed by atoms with Crippen molar-refractivity contribution >= 4 is 17.5 Å². The Hall–Kier alpha value is -2.47. The largest absolute Gasteiger partial charge is 0.299 e. The van der Waals surface area contributed by atoms with E-state index in [9.17, 15) is 4.79 Å². The number of nitrogens with zero attached hydrogens (tertiary/aromatic N) is 4. The smallest absolute Gasteiger partial charge is 0.192 e. The third-order valence-corrected chi connectivity index (χ3v) is 5.69. The van der Waals surface area contributed by atoms with Crippen LogP contribution in [0.25, 0.3) is 11.4 Å². The monoisotopic (exact) mass is 378 g/mol. The van der Waals surface area contributed by atoms with Crippen molar-refractivity contribution in [3.63, 3.8) is 0 Å². The number of hydrogen-bond donors (Lipinski definition) is 0. The Labute approximate surface area is 163 Å². The lowest BCUT2D eigenvalue weighted by atomic mass is 10.1. The van der Waals surface area contributed by atoms with E-state index >= 15 is 0 Å². The van der Waals surface area contributed by atoms with Gasteiger partial charge in [0.25, 0.3) is 0 Å². The number of ketones is 1. The van der Waals surface area contributed by atoms with Crippen LogP contribution in [0.4, 0.5) is 0 Å². The molecule has 1 aliphatic carbocycles. The van der Waals surface area contributed by atoms with Gasteiger partial charge in [-0.2, -0.15) is 0 Å². The van der Waals surface area contributed by atoms with Crippen molar-refractivity contribution in [2.45, 2.75) is 43.8 Å². The minimum Gasteiger partial charge on any atom is -0.299 e. The number of Topliss-reactive ketones (excluding diaryl/α,β-unsaturated/α-hetero) is 1. The highest BCUT2D eigenvalue weighted by atomic mass is 32.2. The molecule has 1 saturated carbocycles. The van der Waals surface area contributed by atoms with Crippen LogP contribution < -0.4 is 0 Å². The highest BCUT2D eigenvalue weighted by molar-refractivity contribution is 7.99. The summed E-state index contributed by atoms with van der Waals surface area (Å²) in [6, 6.07) is 12.6. The maximum atomic E-state index is 12.4. The summed E-state index contributed by atoms with van der Waals surface area (Å²) in [5, 5.41) is 9.55. The van der Waals surface area contributed by atoms with E-state index in [4.69, 9.17) is 0 Å². The van der Waals surface area contributed by atoms with Gasteiger partial charge in [-0.3, -0.25) is 14.3 Å². The average Bonchev–Trinajstić information content (AvgIpc) is 3.46. The van der Waals surface area contributed by atoms with Gasteiger partial charge in [-0.15, -0.1) is 10.2 Å². The van der Waals surface area contributed by atoms with E-state index in [0.29, 0.717) is 18.2 Å². The molecule has 27 heavy (non-hydrogen) atoms. The topological polar surface area (TPSA) is 60.7 Å². The molecule has 0 saturated heterocycles. The van der Waals surface area contributed by atoms with Crippen LogP contribution in [0.5, 0.6) is 0 Å². The molecular weight excluding hydrogens is 356 g/mol. The third kappa shape index (κ3) is 4.27. The molecule has 0 unspecified atom stereocenters. The maximum Gasteiger partial charge on any atom is 0.192 e. The van der Waals surface area contributed by atoms with Gasteiger partial charge in [-0.25, -0.2) is 0 Å². The summed E-state index contributed by atoms with van der Waals surface area (Å²) in [5.74, 6) is 1.46. The highest BCUT2D eigenvalue weighted by Gasteiger charge is 2.30. The van der Waals surface area contributed by atoms with Gasteiger partial charge in [0.05, 0.1) is 5.75 Å². The van der Waals surface area contributed by atoms with Gasteiger partial charge < -0.3 is 0 Å². The lowest BCUT2D eigenvalue weighted by molar-refractivity contribution is -0.116. The first-order valence-electron chi connectivity index (χ1n) is 9.32. The van der Waals surface area contributed by atoms with Crippen molar-refractivity contribution in [3.05, 3.63) is 59.9 Å². The molecule has 6 heteroatoms. The zero-order valence-electron chi connectivity index (χ0n) is 15.3. The number of benzene rings is 1. The Kier molecular flexibility index (Phi) is 5.34.